The quantitative estimate of drug-likeness (QED) is 0.698. The first kappa shape index (κ1) is 22.1. The van der Waals surface area contributed by atoms with Crippen molar-refractivity contribution in [1.29, 1.82) is 0 Å². The molecule has 0 radical (unpaired) electrons. The molecule has 1 amide bonds. The van der Waals surface area contributed by atoms with E-state index < -0.39 is 10.0 Å². The van der Waals surface area contributed by atoms with Gasteiger partial charge in [0.15, 0.2) is 0 Å². The lowest BCUT2D eigenvalue weighted by Gasteiger charge is -2.21. The maximum absolute atomic E-state index is 12.9. The summed E-state index contributed by atoms with van der Waals surface area (Å²) in [6.45, 7) is 5.71. The van der Waals surface area contributed by atoms with Crippen LogP contribution in [0.1, 0.15) is 28.4 Å². The Labute approximate surface area is 168 Å². The molecule has 6 nitrogen and oxygen atoms in total. The molecule has 0 heterocycles. The molecule has 0 unspecified atom stereocenters. The summed E-state index contributed by atoms with van der Waals surface area (Å²) in [6.07, 6.45) is 0. The Hall–Kier alpha value is -2.22. The predicted molar refractivity (Wildman–Crippen MR) is 112 cm³/mol. The lowest BCUT2D eigenvalue weighted by atomic mass is 10.1. The Morgan fingerprint density at radius 3 is 2.14 bits per heavy atom. The van der Waals surface area contributed by atoms with E-state index in [1.165, 1.54) is 4.31 Å². The molecular formula is C21H29N3O3S. The van der Waals surface area contributed by atoms with Gasteiger partial charge in [0.05, 0.1) is 4.90 Å². The molecule has 0 aromatic heterocycles. The average Bonchev–Trinajstić information content (AvgIpc) is 2.66. The van der Waals surface area contributed by atoms with Gasteiger partial charge in [0, 0.05) is 31.7 Å². The van der Waals surface area contributed by atoms with Crippen molar-refractivity contribution in [2.24, 2.45) is 0 Å². The second kappa shape index (κ2) is 9.82. The molecule has 0 aliphatic heterocycles. The summed E-state index contributed by atoms with van der Waals surface area (Å²) in [5.74, 6) is -0.131. The molecule has 2 rings (SSSR count). The summed E-state index contributed by atoms with van der Waals surface area (Å²) in [6, 6.07) is 13.9. The van der Waals surface area contributed by atoms with Crippen LogP contribution in [-0.4, -0.2) is 57.3 Å². The van der Waals surface area contributed by atoms with Crippen molar-refractivity contribution < 1.29 is 13.2 Å². The van der Waals surface area contributed by atoms with E-state index in [-0.39, 0.29) is 17.3 Å². The number of likely N-dealkylation sites (N-methyl/N-ethyl adjacent to an activating group) is 1. The highest BCUT2D eigenvalue weighted by molar-refractivity contribution is 7.89. The smallest absolute Gasteiger partial charge is 0.251 e. The molecule has 0 spiro atoms. The van der Waals surface area contributed by atoms with Crippen molar-refractivity contribution in [3.8, 4) is 0 Å². The van der Waals surface area contributed by atoms with Crippen LogP contribution in [0.3, 0.4) is 0 Å². The summed E-state index contributed by atoms with van der Waals surface area (Å²) in [5, 5.41) is 2.87. The topological polar surface area (TPSA) is 69.7 Å². The molecule has 152 valence electrons. The lowest BCUT2D eigenvalue weighted by molar-refractivity contribution is 0.0951. The first-order valence-corrected chi connectivity index (χ1v) is 10.8. The minimum atomic E-state index is -3.56. The monoisotopic (exact) mass is 403 g/mol. The molecule has 0 aliphatic rings. The summed E-state index contributed by atoms with van der Waals surface area (Å²) in [4.78, 5) is 14.4. The van der Waals surface area contributed by atoms with Crippen LogP contribution in [0.15, 0.2) is 53.4 Å². The maximum Gasteiger partial charge on any atom is 0.251 e. The van der Waals surface area contributed by atoms with Crippen molar-refractivity contribution >= 4 is 15.9 Å². The third-order valence-electron chi connectivity index (χ3n) is 4.43. The van der Waals surface area contributed by atoms with Crippen LogP contribution < -0.4 is 5.32 Å². The highest BCUT2D eigenvalue weighted by atomic mass is 32.2. The number of carbonyl (C=O) groups is 1. The van der Waals surface area contributed by atoms with Crippen LogP contribution in [0, 0.1) is 6.92 Å². The van der Waals surface area contributed by atoms with E-state index in [2.05, 4.69) is 5.32 Å². The predicted octanol–water partition coefficient (Wildman–Crippen LogP) is 2.50. The SMILES string of the molecule is CCN(Cc1ccc(C(=O)NCCN(C)C)cc1)S(=O)(=O)c1ccc(C)cc1. The number of nitrogens with zero attached hydrogens (tertiary/aromatic N) is 2. The lowest BCUT2D eigenvalue weighted by Crippen LogP contribution is -2.31. The minimum absolute atomic E-state index is 0.131. The van der Waals surface area contributed by atoms with E-state index in [0.717, 1.165) is 17.7 Å². The van der Waals surface area contributed by atoms with Gasteiger partial charge in [-0.1, -0.05) is 36.8 Å². The van der Waals surface area contributed by atoms with Gasteiger partial charge in [-0.2, -0.15) is 4.31 Å². The fourth-order valence-corrected chi connectivity index (χ4v) is 4.12. The number of sulfonamides is 1. The molecule has 0 bridgehead atoms. The number of hydrogen-bond donors (Lipinski definition) is 1. The molecule has 1 N–H and O–H groups in total. The van der Waals surface area contributed by atoms with Gasteiger partial charge in [-0.25, -0.2) is 8.42 Å². The van der Waals surface area contributed by atoms with E-state index >= 15 is 0 Å². The number of amides is 1. The number of aryl methyl sites for hydroxylation is 1. The van der Waals surface area contributed by atoms with E-state index in [9.17, 15) is 13.2 Å². The molecule has 0 saturated heterocycles. The van der Waals surface area contributed by atoms with Crippen molar-refractivity contribution in [3.05, 3.63) is 65.2 Å². The third kappa shape index (κ3) is 5.89. The first-order chi connectivity index (χ1) is 13.2. The standard InChI is InChI=1S/C21H29N3O3S/c1-5-24(28(26,27)20-12-6-17(2)7-13-20)16-18-8-10-19(11-9-18)21(25)22-14-15-23(3)4/h6-13H,5,14-16H2,1-4H3,(H,22,25). The van der Waals surface area contributed by atoms with Gasteiger partial charge in [-0.05, 0) is 50.8 Å². The number of hydrogen-bond acceptors (Lipinski definition) is 4. The zero-order valence-electron chi connectivity index (χ0n) is 17.0. The van der Waals surface area contributed by atoms with Crippen LogP contribution in [0.5, 0.6) is 0 Å². The molecule has 2 aromatic carbocycles. The van der Waals surface area contributed by atoms with Gasteiger partial charge in [0.1, 0.15) is 0 Å². The molecule has 0 fully saturated rings. The first-order valence-electron chi connectivity index (χ1n) is 9.32. The number of benzene rings is 2. The molecule has 28 heavy (non-hydrogen) atoms. The van der Waals surface area contributed by atoms with E-state index in [1.807, 2.05) is 32.8 Å². The zero-order valence-corrected chi connectivity index (χ0v) is 17.8. The molecule has 7 heteroatoms. The van der Waals surface area contributed by atoms with Crippen LogP contribution in [0.2, 0.25) is 0 Å². The fraction of sp³-hybridized carbons (Fsp3) is 0.381. The van der Waals surface area contributed by atoms with E-state index in [1.54, 1.807) is 48.5 Å². The number of rotatable bonds is 9. The Morgan fingerprint density at radius 2 is 1.61 bits per heavy atom. The summed E-state index contributed by atoms with van der Waals surface area (Å²) in [5.41, 5.74) is 2.41. The summed E-state index contributed by atoms with van der Waals surface area (Å²) in [7, 11) is 0.336. The molecule has 0 saturated carbocycles. The molecule has 0 aliphatic carbocycles. The van der Waals surface area contributed by atoms with Crippen LogP contribution in [-0.2, 0) is 16.6 Å². The summed E-state index contributed by atoms with van der Waals surface area (Å²) < 4.78 is 27.2. The van der Waals surface area contributed by atoms with Crippen LogP contribution in [0.4, 0.5) is 0 Å². The minimum Gasteiger partial charge on any atom is -0.351 e. The maximum atomic E-state index is 12.9. The van der Waals surface area contributed by atoms with Gasteiger partial charge in [0.25, 0.3) is 5.91 Å². The van der Waals surface area contributed by atoms with Crippen molar-refractivity contribution in [2.75, 3.05) is 33.7 Å². The molecule has 0 atom stereocenters. The average molecular weight is 404 g/mol. The Morgan fingerprint density at radius 1 is 1.00 bits per heavy atom. The highest BCUT2D eigenvalue weighted by Gasteiger charge is 2.23. The normalized spacial score (nSPS) is 11.8. The van der Waals surface area contributed by atoms with Crippen LogP contribution in [0.25, 0.3) is 0 Å². The number of nitrogens with one attached hydrogen (secondary N) is 1. The van der Waals surface area contributed by atoms with E-state index in [0.29, 0.717) is 18.7 Å². The van der Waals surface area contributed by atoms with Crippen molar-refractivity contribution in [3.63, 3.8) is 0 Å². The largest absolute Gasteiger partial charge is 0.351 e. The molecule has 2 aromatic rings. The Bertz CT molecular complexity index is 876. The third-order valence-corrected chi connectivity index (χ3v) is 6.37. The van der Waals surface area contributed by atoms with Crippen LogP contribution >= 0.6 is 0 Å². The second-order valence-electron chi connectivity index (χ2n) is 7.00. The van der Waals surface area contributed by atoms with Crippen molar-refractivity contribution in [2.45, 2.75) is 25.3 Å². The Balaban J connectivity index is 2.06. The number of carbonyl (C=O) groups excluding carboxylic acids is 1. The molecular weight excluding hydrogens is 374 g/mol. The second-order valence-corrected chi connectivity index (χ2v) is 8.94. The zero-order chi connectivity index (χ0) is 20.7. The highest BCUT2D eigenvalue weighted by Crippen LogP contribution is 2.19. The van der Waals surface area contributed by atoms with Gasteiger partial charge in [-0.15, -0.1) is 0 Å². The van der Waals surface area contributed by atoms with Gasteiger partial charge >= 0.3 is 0 Å². The Kier molecular flexibility index (Phi) is 7.74. The van der Waals surface area contributed by atoms with Crippen molar-refractivity contribution in [1.82, 2.24) is 14.5 Å². The van der Waals surface area contributed by atoms with E-state index in [4.69, 9.17) is 0 Å². The van der Waals surface area contributed by atoms with Gasteiger partial charge in [-0.3, -0.25) is 4.79 Å². The van der Waals surface area contributed by atoms with Gasteiger partial charge in [0.2, 0.25) is 10.0 Å². The fourth-order valence-electron chi connectivity index (χ4n) is 2.69. The van der Waals surface area contributed by atoms with Gasteiger partial charge < -0.3 is 10.2 Å². The summed E-state index contributed by atoms with van der Waals surface area (Å²) >= 11 is 0.